The molecule has 2 aliphatic heterocycles. The van der Waals surface area contributed by atoms with Crippen molar-refractivity contribution in [3.8, 4) is 0 Å². The molecule has 0 saturated heterocycles. The lowest BCUT2D eigenvalue weighted by Crippen LogP contribution is -2.44. The number of hydrogen-bond donors (Lipinski definition) is 1. The predicted molar refractivity (Wildman–Crippen MR) is 84.0 cm³/mol. The molecule has 5 heteroatoms. The molecular formula is C14H12IN3O. The van der Waals surface area contributed by atoms with Crippen LogP contribution in [0.4, 0.5) is 5.69 Å². The van der Waals surface area contributed by atoms with E-state index in [0.717, 1.165) is 17.1 Å². The van der Waals surface area contributed by atoms with Crippen LogP contribution >= 0.6 is 22.6 Å². The maximum Gasteiger partial charge on any atom is 0.235 e. The molecule has 0 saturated carbocycles. The van der Waals surface area contributed by atoms with Gasteiger partial charge in [-0.05, 0) is 24.3 Å². The molecule has 1 N–H and O–H groups in total. The van der Waals surface area contributed by atoms with Gasteiger partial charge in [-0.3, -0.25) is 9.80 Å². The Balaban J connectivity index is 2.04. The summed E-state index contributed by atoms with van der Waals surface area (Å²) < 4.78 is 0.435. The van der Waals surface area contributed by atoms with Gasteiger partial charge in [-0.1, -0.05) is 40.8 Å². The molecule has 0 bridgehead atoms. The summed E-state index contributed by atoms with van der Waals surface area (Å²) in [6.45, 7) is 0. The maximum absolute atomic E-state index is 11.6. The van der Waals surface area contributed by atoms with E-state index in [1.165, 1.54) is 0 Å². The lowest BCUT2D eigenvalue weighted by Gasteiger charge is -2.39. The molecule has 2 heterocycles. The Morgan fingerprint density at radius 3 is 2.68 bits per heavy atom. The second-order valence-electron chi connectivity index (χ2n) is 4.14. The van der Waals surface area contributed by atoms with Crippen molar-refractivity contribution in [3.05, 3.63) is 60.2 Å². The molecule has 0 aromatic heterocycles. The summed E-state index contributed by atoms with van der Waals surface area (Å²) in [4.78, 5) is 11.6. The number of rotatable bonds is 2. The van der Waals surface area contributed by atoms with E-state index in [9.17, 15) is 4.79 Å². The van der Waals surface area contributed by atoms with Gasteiger partial charge < -0.3 is 5.32 Å². The number of alkyl halides is 1. The summed E-state index contributed by atoms with van der Waals surface area (Å²) in [7, 11) is 0. The van der Waals surface area contributed by atoms with Gasteiger partial charge in [0.25, 0.3) is 0 Å². The SMILES string of the molecule is O=C(CI)NC1=Cc2ccccc2N2C=CC=CN12. The van der Waals surface area contributed by atoms with E-state index in [1.807, 2.05) is 58.8 Å². The number of carbonyl (C=O) groups excluding carboxylic acids is 1. The fraction of sp³-hybridized carbons (Fsp3) is 0.0714. The number of allylic oxidation sites excluding steroid dienone is 2. The first-order valence-electron chi connectivity index (χ1n) is 5.89. The molecule has 2 aliphatic rings. The van der Waals surface area contributed by atoms with Gasteiger partial charge in [0, 0.05) is 18.0 Å². The molecule has 0 atom stereocenters. The minimum Gasteiger partial charge on any atom is -0.310 e. The van der Waals surface area contributed by atoms with Gasteiger partial charge in [0.2, 0.25) is 5.91 Å². The zero-order chi connectivity index (χ0) is 13.2. The minimum atomic E-state index is -0.00543. The van der Waals surface area contributed by atoms with Crippen molar-refractivity contribution < 1.29 is 4.79 Å². The highest BCUT2D eigenvalue weighted by molar-refractivity contribution is 14.1. The quantitative estimate of drug-likeness (QED) is 0.647. The zero-order valence-corrected chi connectivity index (χ0v) is 12.2. The molecule has 0 fully saturated rings. The Morgan fingerprint density at radius 1 is 1.16 bits per heavy atom. The van der Waals surface area contributed by atoms with Crippen molar-refractivity contribution in [1.29, 1.82) is 0 Å². The number of amides is 1. The minimum absolute atomic E-state index is 0.00543. The fourth-order valence-corrected chi connectivity index (χ4v) is 2.29. The van der Waals surface area contributed by atoms with E-state index in [0.29, 0.717) is 4.43 Å². The summed E-state index contributed by atoms with van der Waals surface area (Å²) in [5.74, 6) is 0.759. The molecular weight excluding hydrogens is 353 g/mol. The van der Waals surface area contributed by atoms with Crippen LogP contribution < -0.4 is 10.3 Å². The smallest absolute Gasteiger partial charge is 0.235 e. The van der Waals surface area contributed by atoms with Crippen LogP contribution in [0.3, 0.4) is 0 Å². The van der Waals surface area contributed by atoms with Gasteiger partial charge in [-0.15, -0.1) is 0 Å². The van der Waals surface area contributed by atoms with Crippen LogP contribution in [0.25, 0.3) is 6.08 Å². The third-order valence-electron chi connectivity index (χ3n) is 2.91. The molecule has 1 aromatic carbocycles. The standard InChI is InChI=1S/C14H12IN3O/c15-10-14(19)16-13-9-11-5-1-2-6-12(11)17-7-3-4-8-18(13)17/h1-9H,10H2,(H,16,19). The highest BCUT2D eigenvalue weighted by Crippen LogP contribution is 2.32. The van der Waals surface area contributed by atoms with E-state index in [4.69, 9.17) is 0 Å². The van der Waals surface area contributed by atoms with Crippen LogP contribution in [0, 0.1) is 0 Å². The molecule has 96 valence electrons. The molecule has 3 rings (SSSR count). The first kappa shape index (κ1) is 12.3. The summed E-state index contributed by atoms with van der Waals surface area (Å²) in [6, 6.07) is 8.09. The van der Waals surface area contributed by atoms with E-state index < -0.39 is 0 Å². The highest BCUT2D eigenvalue weighted by Gasteiger charge is 2.24. The second kappa shape index (κ2) is 5.08. The number of benzene rings is 1. The normalized spacial score (nSPS) is 15.7. The fourth-order valence-electron chi connectivity index (χ4n) is 2.10. The topological polar surface area (TPSA) is 35.6 Å². The molecule has 0 aliphatic carbocycles. The van der Waals surface area contributed by atoms with Crippen LogP contribution in [-0.4, -0.2) is 15.3 Å². The third-order valence-corrected chi connectivity index (χ3v) is 3.60. The zero-order valence-electron chi connectivity index (χ0n) is 10.1. The number of anilines is 1. The van der Waals surface area contributed by atoms with Crippen LogP contribution in [0.1, 0.15) is 5.56 Å². The van der Waals surface area contributed by atoms with Gasteiger partial charge >= 0.3 is 0 Å². The van der Waals surface area contributed by atoms with Gasteiger partial charge in [-0.2, -0.15) is 0 Å². The van der Waals surface area contributed by atoms with Crippen LogP contribution in [0.2, 0.25) is 0 Å². The first-order chi connectivity index (χ1) is 9.29. The average Bonchev–Trinajstić information content (AvgIpc) is 2.47. The molecule has 0 spiro atoms. The number of carbonyl (C=O) groups is 1. The van der Waals surface area contributed by atoms with Gasteiger partial charge in [-0.25, -0.2) is 5.01 Å². The average molecular weight is 365 g/mol. The highest BCUT2D eigenvalue weighted by atomic mass is 127. The molecule has 19 heavy (non-hydrogen) atoms. The molecule has 0 radical (unpaired) electrons. The van der Waals surface area contributed by atoms with Crippen LogP contribution in [0.15, 0.2) is 54.6 Å². The number of nitrogens with one attached hydrogen (secondary N) is 1. The van der Waals surface area contributed by atoms with Crippen molar-refractivity contribution in [2.75, 3.05) is 9.44 Å². The third kappa shape index (κ3) is 2.25. The van der Waals surface area contributed by atoms with Crippen molar-refractivity contribution in [1.82, 2.24) is 10.3 Å². The second-order valence-corrected chi connectivity index (χ2v) is 4.91. The largest absolute Gasteiger partial charge is 0.310 e. The number of para-hydroxylation sites is 1. The van der Waals surface area contributed by atoms with Crippen molar-refractivity contribution in [2.24, 2.45) is 0 Å². The number of nitrogens with zero attached hydrogens (tertiary/aromatic N) is 2. The number of hydrazine groups is 1. The summed E-state index contributed by atoms with van der Waals surface area (Å²) >= 11 is 2.05. The Kier molecular flexibility index (Phi) is 3.29. The lowest BCUT2D eigenvalue weighted by molar-refractivity contribution is -0.117. The van der Waals surface area contributed by atoms with Crippen molar-refractivity contribution in [3.63, 3.8) is 0 Å². The number of hydrogen-bond acceptors (Lipinski definition) is 3. The van der Waals surface area contributed by atoms with Gasteiger partial charge in [0.15, 0.2) is 0 Å². The van der Waals surface area contributed by atoms with E-state index >= 15 is 0 Å². The van der Waals surface area contributed by atoms with Crippen molar-refractivity contribution >= 4 is 40.3 Å². The monoisotopic (exact) mass is 365 g/mol. The number of halogens is 1. The Morgan fingerprint density at radius 2 is 1.89 bits per heavy atom. The molecule has 4 nitrogen and oxygen atoms in total. The Labute approximate surface area is 125 Å². The van der Waals surface area contributed by atoms with Gasteiger partial charge in [0.1, 0.15) is 5.82 Å². The van der Waals surface area contributed by atoms with Crippen LogP contribution in [0.5, 0.6) is 0 Å². The molecule has 1 amide bonds. The molecule has 0 unspecified atom stereocenters. The summed E-state index contributed by atoms with van der Waals surface area (Å²) in [5, 5.41) is 6.86. The summed E-state index contributed by atoms with van der Waals surface area (Å²) in [5.41, 5.74) is 2.18. The van der Waals surface area contributed by atoms with E-state index in [-0.39, 0.29) is 5.91 Å². The predicted octanol–water partition coefficient (Wildman–Crippen LogP) is 2.61. The Bertz CT molecular complexity index is 606. The maximum atomic E-state index is 11.6. The Hall–Kier alpha value is -1.76. The van der Waals surface area contributed by atoms with Crippen molar-refractivity contribution in [2.45, 2.75) is 0 Å². The lowest BCUT2D eigenvalue weighted by atomic mass is 10.1. The van der Waals surface area contributed by atoms with Crippen LogP contribution in [-0.2, 0) is 4.79 Å². The number of fused-ring (bicyclic) bond motifs is 3. The van der Waals surface area contributed by atoms with E-state index in [1.54, 1.807) is 0 Å². The van der Waals surface area contributed by atoms with E-state index in [2.05, 4.69) is 34.0 Å². The molecule has 1 aromatic rings. The van der Waals surface area contributed by atoms with Gasteiger partial charge in [0.05, 0.1) is 10.1 Å². The summed E-state index contributed by atoms with van der Waals surface area (Å²) in [6.07, 6.45) is 9.79. The first-order valence-corrected chi connectivity index (χ1v) is 7.42.